The quantitative estimate of drug-likeness (QED) is 0.155. The highest BCUT2D eigenvalue weighted by molar-refractivity contribution is 7.14. The van der Waals surface area contributed by atoms with Gasteiger partial charge in [-0.2, -0.15) is 0 Å². The van der Waals surface area contributed by atoms with Gasteiger partial charge in [-0.05, 0) is 58.7 Å². The smallest absolute Gasteiger partial charge is 0.126 e. The molecule has 50 heavy (non-hydrogen) atoms. The molecule has 0 aliphatic carbocycles. The van der Waals surface area contributed by atoms with Crippen molar-refractivity contribution in [1.29, 1.82) is 0 Å². The van der Waals surface area contributed by atoms with Gasteiger partial charge in [0.15, 0.2) is 0 Å². The first kappa shape index (κ1) is 30.6. The van der Waals surface area contributed by atoms with Crippen molar-refractivity contribution in [2.45, 2.75) is 12.2 Å². The van der Waals surface area contributed by atoms with E-state index in [0.717, 1.165) is 74.8 Å². The van der Waals surface area contributed by atoms with Gasteiger partial charge in [0, 0.05) is 52.5 Å². The summed E-state index contributed by atoms with van der Waals surface area (Å²) < 4.78 is 0. The number of H-pyrrole nitrogens is 1. The lowest BCUT2D eigenvalue weighted by Crippen LogP contribution is -2.22. The summed E-state index contributed by atoms with van der Waals surface area (Å²) in [6.07, 6.45) is -2.32. The minimum Gasteiger partial charge on any atom is -0.384 e. The van der Waals surface area contributed by atoms with Gasteiger partial charge in [0.2, 0.25) is 0 Å². The monoisotopic (exact) mass is 684 g/mol. The Morgan fingerprint density at radius 3 is 1.00 bits per heavy atom. The molecule has 9 rings (SSSR count). The zero-order valence-electron chi connectivity index (χ0n) is 26.9. The fourth-order valence-electron chi connectivity index (χ4n) is 7.07. The maximum atomic E-state index is 11.9. The number of rotatable bonds is 4. The van der Waals surface area contributed by atoms with E-state index in [9.17, 15) is 10.2 Å². The molecule has 1 fully saturated rings. The fraction of sp³-hybridized carbons (Fsp3) is 0.0455. The maximum Gasteiger partial charge on any atom is 0.126 e. The van der Waals surface area contributed by atoms with Crippen molar-refractivity contribution in [1.82, 2.24) is 10.3 Å². The highest BCUT2D eigenvalue weighted by Crippen LogP contribution is 2.42. The first-order chi connectivity index (χ1) is 24.6. The second-order valence-electron chi connectivity index (χ2n) is 12.4. The third-order valence-corrected chi connectivity index (χ3v) is 11.6. The van der Waals surface area contributed by atoms with Gasteiger partial charge in [-0.1, -0.05) is 121 Å². The molecule has 3 aromatic heterocycles. The van der Waals surface area contributed by atoms with E-state index in [-0.39, 0.29) is 0 Å². The van der Waals surface area contributed by atoms with Crippen LogP contribution in [0.4, 0.5) is 0 Å². The lowest BCUT2D eigenvalue weighted by molar-refractivity contribution is 0.0815. The van der Waals surface area contributed by atoms with Crippen molar-refractivity contribution >= 4 is 45.0 Å². The van der Waals surface area contributed by atoms with E-state index in [2.05, 4.69) is 119 Å². The largest absolute Gasteiger partial charge is 0.384 e. The summed E-state index contributed by atoms with van der Waals surface area (Å²) in [7, 11) is 0. The van der Waals surface area contributed by atoms with Crippen LogP contribution in [0.2, 0.25) is 0 Å². The Labute approximate surface area is 298 Å². The summed E-state index contributed by atoms with van der Waals surface area (Å²) in [6.45, 7) is 0. The lowest BCUT2D eigenvalue weighted by atomic mass is 9.97. The SMILES string of the molecule is O[C@@H]1C2=C(c3ccccc3)c3ccc(s3)C(c3ccccc3)=c3ccc([nH]3)=C(c3ccccc3)c3ccc(s3)C(c3ccccc3)=C(N2)[C@@H]1O. The molecule has 4 N–H and O–H groups in total. The van der Waals surface area contributed by atoms with Crippen LogP contribution in [0.1, 0.15) is 41.8 Å². The molecule has 242 valence electrons. The van der Waals surface area contributed by atoms with Gasteiger partial charge < -0.3 is 20.5 Å². The number of fused-ring (bicyclic) bond motifs is 8. The molecule has 7 aromatic rings. The molecule has 8 bridgehead atoms. The van der Waals surface area contributed by atoms with Crippen LogP contribution in [0, 0.1) is 0 Å². The van der Waals surface area contributed by atoms with Crippen molar-refractivity contribution in [3.8, 4) is 0 Å². The van der Waals surface area contributed by atoms with Crippen molar-refractivity contribution in [2.75, 3.05) is 0 Å². The lowest BCUT2D eigenvalue weighted by Gasteiger charge is -2.15. The van der Waals surface area contributed by atoms with Gasteiger partial charge in [0.25, 0.3) is 0 Å². The summed E-state index contributed by atoms with van der Waals surface area (Å²) in [5.74, 6) is 0. The third-order valence-electron chi connectivity index (χ3n) is 9.37. The number of aromatic nitrogens is 1. The molecule has 0 radical (unpaired) electrons. The second-order valence-corrected chi connectivity index (χ2v) is 14.6. The van der Waals surface area contributed by atoms with Crippen LogP contribution in [0.5, 0.6) is 0 Å². The van der Waals surface area contributed by atoms with E-state index < -0.39 is 12.2 Å². The standard InChI is InChI=1S/C44H32N2O2S2/c47-43-41-39(29-17-9-3-10-18-29)35-25-23-33(49-35)37(27-13-5-1-6-14-27)31-21-22-32(45-31)38(28-15-7-2-8-16-28)34-24-26-36(50-34)40(42(46-41)44(43)48)30-19-11-4-12-20-30/h1-26,43-48H/t43-,44+. The van der Waals surface area contributed by atoms with Crippen LogP contribution < -0.4 is 16.0 Å². The molecule has 1 saturated heterocycles. The van der Waals surface area contributed by atoms with E-state index in [0.29, 0.717) is 11.4 Å². The van der Waals surface area contributed by atoms with E-state index in [4.69, 9.17) is 0 Å². The van der Waals surface area contributed by atoms with Crippen LogP contribution >= 0.6 is 22.7 Å². The molecular formula is C44H32N2O2S2. The highest BCUT2D eigenvalue weighted by Gasteiger charge is 2.38. The summed E-state index contributed by atoms with van der Waals surface area (Å²) in [4.78, 5) is 8.01. The number of aromatic amines is 1. The van der Waals surface area contributed by atoms with Gasteiger partial charge >= 0.3 is 0 Å². The van der Waals surface area contributed by atoms with Crippen molar-refractivity contribution in [2.24, 2.45) is 0 Å². The second kappa shape index (κ2) is 12.8. The Balaban J connectivity index is 1.42. The fourth-order valence-corrected chi connectivity index (χ4v) is 9.41. The third kappa shape index (κ3) is 5.30. The predicted octanol–water partition coefficient (Wildman–Crippen LogP) is 7.49. The number of nitrogens with one attached hydrogen (secondary N) is 2. The average molecular weight is 685 g/mol. The molecule has 0 unspecified atom stereocenters. The number of hydrogen-bond donors (Lipinski definition) is 4. The van der Waals surface area contributed by atoms with E-state index in [1.54, 1.807) is 22.7 Å². The predicted molar refractivity (Wildman–Crippen MR) is 205 cm³/mol. The van der Waals surface area contributed by atoms with Gasteiger partial charge in [-0.25, -0.2) is 0 Å². The van der Waals surface area contributed by atoms with Gasteiger partial charge in [0.1, 0.15) is 12.2 Å². The van der Waals surface area contributed by atoms with Crippen molar-refractivity contribution < 1.29 is 10.2 Å². The van der Waals surface area contributed by atoms with Crippen molar-refractivity contribution in [3.05, 3.63) is 222 Å². The molecule has 4 aromatic carbocycles. The molecule has 2 atom stereocenters. The number of hydrogen-bond acceptors (Lipinski definition) is 5. The Morgan fingerprint density at radius 1 is 0.360 bits per heavy atom. The van der Waals surface area contributed by atoms with Crippen LogP contribution in [0.25, 0.3) is 22.3 Å². The average Bonchev–Trinajstić information content (AvgIpc) is 3.99. The zero-order valence-corrected chi connectivity index (χ0v) is 28.5. The minimum absolute atomic E-state index is 0.587. The minimum atomic E-state index is -1.16. The molecule has 4 nitrogen and oxygen atoms in total. The molecule has 2 aliphatic rings. The number of thiophene rings is 2. The summed E-state index contributed by atoms with van der Waals surface area (Å²) in [6, 6.07) is 54.2. The van der Waals surface area contributed by atoms with Crippen LogP contribution in [-0.4, -0.2) is 27.4 Å². The first-order valence-corrected chi connectivity index (χ1v) is 18.3. The number of benzene rings is 4. The Morgan fingerprint density at radius 2 is 0.660 bits per heavy atom. The van der Waals surface area contributed by atoms with E-state index in [1.165, 1.54) is 0 Å². The molecule has 0 spiro atoms. The zero-order chi connectivity index (χ0) is 33.6. The Kier molecular flexibility index (Phi) is 7.79. The van der Waals surface area contributed by atoms with Gasteiger partial charge in [-0.3, -0.25) is 0 Å². The molecule has 2 aliphatic heterocycles. The summed E-state index contributed by atoms with van der Waals surface area (Å²) in [5.41, 5.74) is 9.25. The van der Waals surface area contributed by atoms with Crippen molar-refractivity contribution in [3.63, 3.8) is 0 Å². The Bertz CT molecular complexity index is 2350. The van der Waals surface area contributed by atoms with E-state index >= 15 is 0 Å². The molecular weight excluding hydrogens is 653 g/mol. The summed E-state index contributed by atoms with van der Waals surface area (Å²) in [5, 5.41) is 29.5. The van der Waals surface area contributed by atoms with Gasteiger partial charge in [0.05, 0.1) is 11.4 Å². The number of aliphatic hydroxyl groups excluding tert-OH is 2. The topological polar surface area (TPSA) is 68.3 Å². The van der Waals surface area contributed by atoms with Gasteiger partial charge in [-0.15, -0.1) is 22.7 Å². The highest BCUT2D eigenvalue weighted by atomic mass is 32.1. The molecule has 6 heteroatoms. The Hall–Kier alpha value is -5.50. The molecule has 0 amide bonds. The van der Waals surface area contributed by atoms with Crippen LogP contribution in [-0.2, 0) is 0 Å². The normalized spacial score (nSPS) is 17.3. The van der Waals surface area contributed by atoms with Crippen LogP contribution in [0.3, 0.4) is 0 Å². The molecule has 0 saturated carbocycles. The first-order valence-electron chi connectivity index (χ1n) is 16.6. The van der Waals surface area contributed by atoms with E-state index in [1.807, 2.05) is 48.5 Å². The molecule has 5 heterocycles. The number of aliphatic hydroxyl groups is 2. The maximum absolute atomic E-state index is 11.9. The van der Waals surface area contributed by atoms with Crippen LogP contribution in [0.15, 0.2) is 169 Å². The summed E-state index contributed by atoms with van der Waals surface area (Å²) >= 11 is 3.36.